The number of terminal acetylenes is 1. The first kappa shape index (κ1) is 11.4. The summed E-state index contributed by atoms with van der Waals surface area (Å²) < 4.78 is 5.23. The second kappa shape index (κ2) is 5.94. The number of halogens is 1. The van der Waals surface area contributed by atoms with Crippen molar-refractivity contribution in [2.45, 2.75) is 0 Å². The van der Waals surface area contributed by atoms with Crippen LogP contribution in [0.3, 0.4) is 0 Å². The molecule has 0 aliphatic carbocycles. The highest BCUT2D eigenvalue weighted by Gasteiger charge is 1.96. The average Bonchev–Trinajstić information content (AvgIpc) is 2.26. The molecule has 15 heavy (non-hydrogen) atoms. The lowest BCUT2D eigenvalue weighted by atomic mass is 10.3. The van der Waals surface area contributed by atoms with Gasteiger partial charge in [0.15, 0.2) is 0 Å². The van der Waals surface area contributed by atoms with E-state index in [2.05, 4.69) is 10.9 Å². The van der Waals surface area contributed by atoms with Gasteiger partial charge in [-0.1, -0.05) is 12.0 Å². The first-order valence-electron chi connectivity index (χ1n) is 4.31. The Morgan fingerprint density at radius 3 is 3.07 bits per heavy atom. The Hall–Kier alpha value is -1.66. The maximum atomic E-state index is 5.51. The number of alkyl halides is 1. The van der Waals surface area contributed by atoms with Gasteiger partial charge in [0.05, 0.1) is 11.6 Å². The van der Waals surface area contributed by atoms with Crippen LogP contribution in [0.2, 0.25) is 0 Å². The van der Waals surface area contributed by atoms with Crippen LogP contribution in [0.1, 0.15) is 0 Å². The molecule has 0 amide bonds. The maximum Gasteiger partial charge on any atom is 0.148 e. The molecule has 1 rings (SSSR count). The Kier molecular flexibility index (Phi) is 4.52. The van der Waals surface area contributed by atoms with E-state index < -0.39 is 0 Å². The van der Waals surface area contributed by atoms with Crippen LogP contribution in [0, 0.1) is 12.3 Å². The van der Waals surface area contributed by atoms with Gasteiger partial charge in [-0.05, 0) is 12.1 Å². The zero-order chi connectivity index (χ0) is 11.1. The van der Waals surface area contributed by atoms with Gasteiger partial charge < -0.3 is 10.5 Å². The van der Waals surface area contributed by atoms with Gasteiger partial charge in [-0.25, -0.2) is 4.99 Å². The number of benzene rings is 1. The van der Waals surface area contributed by atoms with Crippen LogP contribution >= 0.6 is 11.6 Å². The predicted molar refractivity (Wildman–Crippen MR) is 62.8 cm³/mol. The third-order valence-electron chi connectivity index (χ3n) is 1.55. The fourth-order valence-electron chi connectivity index (χ4n) is 0.964. The van der Waals surface area contributed by atoms with Crippen molar-refractivity contribution in [2.24, 2.45) is 10.7 Å². The Morgan fingerprint density at radius 1 is 1.60 bits per heavy atom. The lowest BCUT2D eigenvalue weighted by molar-refractivity contribution is 0.370. The van der Waals surface area contributed by atoms with Gasteiger partial charge in [-0.3, -0.25) is 0 Å². The van der Waals surface area contributed by atoms with Crippen molar-refractivity contribution in [3.63, 3.8) is 0 Å². The third kappa shape index (κ3) is 3.92. The van der Waals surface area contributed by atoms with E-state index in [4.69, 9.17) is 28.5 Å². The van der Waals surface area contributed by atoms with E-state index in [0.29, 0.717) is 17.3 Å². The van der Waals surface area contributed by atoms with E-state index >= 15 is 0 Å². The van der Waals surface area contributed by atoms with Crippen molar-refractivity contribution in [3.05, 3.63) is 24.3 Å². The average molecular weight is 223 g/mol. The summed E-state index contributed by atoms with van der Waals surface area (Å²) in [5.41, 5.74) is 6.20. The molecule has 0 atom stereocenters. The van der Waals surface area contributed by atoms with E-state index in [9.17, 15) is 0 Å². The van der Waals surface area contributed by atoms with Crippen LogP contribution in [0.15, 0.2) is 29.3 Å². The van der Waals surface area contributed by atoms with Crippen molar-refractivity contribution in [3.8, 4) is 18.1 Å². The minimum absolute atomic E-state index is 0.204. The molecule has 0 bridgehead atoms. The second-order valence-corrected chi connectivity index (χ2v) is 2.99. The highest BCUT2D eigenvalue weighted by Crippen LogP contribution is 2.19. The molecule has 0 saturated heterocycles. The van der Waals surface area contributed by atoms with E-state index in [1.54, 1.807) is 12.1 Å². The molecule has 3 nitrogen and oxygen atoms in total. The standard InChI is InChI=1S/C11H11ClN2O/c1-2-6-15-10-5-3-4-9(7-10)14-11(13)8-12/h1,3-5,7H,6,8H2,(H2,13,14). The van der Waals surface area contributed by atoms with Crippen molar-refractivity contribution >= 4 is 23.1 Å². The summed E-state index contributed by atoms with van der Waals surface area (Å²) in [6.07, 6.45) is 5.08. The number of hydrogen-bond donors (Lipinski definition) is 1. The fourth-order valence-corrected chi connectivity index (χ4v) is 1.02. The van der Waals surface area contributed by atoms with E-state index in [-0.39, 0.29) is 12.5 Å². The van der Waals surface area contributed by atoms with Gasteiger partial charge in [0.2, 0.25) is 0 Å². The van der Waals surface area contributed by atoms with Crippen LogP contribution in [0.5, 0.6) is 5.75 Å². The quantitative estimate of drug-likeness (QED) is 0.366. The molecular formula is C11H11ClN2O. The third-order valence-corrected chi connectivity index (χ3v) is 1.82. The Morgan fingerprint density at radius 2 is 2.40 bits per heavy atom. The zero-order valence-corrected chi connectivity index (χ0v) is 8.87. The summed E-state index contributed by atoms with van der Waals surface area (Å²) in [6, 6.07) is 7.17. The second-order valence-electron chi connectivity index (χ2n) is 2.73. The van der Waals surface area contributed by atoms with Gasteiger partial charge in [0.25, 0.3) is 0 Å². The molecule has 0 heterocycles. The van der Waals surface area contributed by atoms with Crippen LogP contribution in [-0.2, 0) is 0 Å². The molecule has 1 aromatic carbocycles. The largest absolute Gasteiger partial charge is 0.481 e. The summed E-state index contributed by atoms with van der Waals surface area (Å²) in [6.45, 7) is 0.234. The van der Waals surface area contributed by atoms with Crippen LogP contribution in [0.4, 0.5) is 5.69 Å². The molecule has 0 aromatic heterocycles. The molecule has 1 aromatic rings. The maximum absolute atomic E-state index is 5.51. The van der Waals surface area contributed by atoms with Gasteiger partial charge in [-0.2, -0.15) is 0 Å². The molecule has 0 radical (unpaired) electrons. The highest BCUT2D eigenvalue weighted by molar-refractivity contribution is 6.28. The minimum Gasteiger partial charge on any atom is -0.481 e. The van der Waals surface area contributed by atoms with Gasteiger partial charge in [-0.15, -0.1) is 18.0 Å². The topological polar surface area (TPSA) is 47.6 Å². The van der Waals surface area contributed by atoms with Crippen LogP contribution in [0.25, 0.3) is 0 Å². The van der Waals surface area contributed by atoms with E-state index in [1.807, 2.05) is 12.1 Å². The van der Waals surface area contributed by atoms with Crippen molar-refractivity contribution in [2.75, 3.05) is 12.5 Å². The lowest BCUT2D eigenvalue weighted by Gasteiger charge is -2.02. The number of ether oxygens (including phenoxy) is 1. The van der Waals surface area contributed by atoms with Crippen molar-refractivity contribution in [1.29, 1.82) is 0 Å². The smallest absolute Gasteiger partial charge is 0.148 e. The normalized spacial score (nSPS) is 10.8. The van der Waals surface area contributed by atoms with Gasteiger partial charge >= 0.3 is 0 Å². The number of rotatable bonds is 4. The molecule has 0 fully saturated rings. The molecule has 4 heteroatoms. The Balaban J connectivity index is 2.79. The predicted octanol–water partition coefficient (Wildman–Crippen LogP) is 1.93. The fraction of sp³-hybridized carbons (Fsp3) is 0.182. The van der Waals surface area contributed by atoms with E-state index in [0.717, 1.165) is 0 Å². The van der Waals surface area contributed by atoms with E-state index in [1.165, 1.54) is 0 Å². The monoisotopic (exact) mass is 222 g/mol. The molecular weight excluding hydrogens is 212 g/mol. The van der Waals surface area contributed by atoms with Gasteiger partial charge in [0.1, 0.15) is 18.2 Å². The highest BCUT2D eigenvalue weighted by atomic mass is 35.5. The summed E-state index contributed by atoms with van der Waals surface area (Å²) >= 11 is 5.51. The first-order chi connectivity index (χ1) is 7.26. The lowest BCUT2D eigenvalue weighted by Crippen LogP contribution is -2.12. The number of amidine groups is 1. The van der Waals surface area contributed by atoms with Crippen LogP contribution < -0.4 is 10.5 Å². The summed E-state index contributed by atoms with van der Waals surface area (Å²) in [5.74, 6) is 3.62. The molecule has 0 aliphatic rings. The summed E-state index contributed by atoms with van der Waals surface area (Å²) in [5, 5.41) is 0. The SMILES string of the molecule is C#CCOc1cccc(N=C(N)CCl)c1. The number of nitrogens with zero attached hydrogens (tertiary/aromatic N) is 1. The molecule has 0 aliphatic heterocycles. The van der Waals surface area contributed by atoms with Crippen molar-refractivity contribution < 1.29 is 4.74 Å². The molecule has 0 spiro atoms. The van der Waals surface area contributed by atoms with Gasteiger partial charge in [0, 0.05) is 6.07 Å². The minimum atomic E-state index is 0.204. The number of hydrogen-bond acceptors (Lipinski definition) is 2. The molecule has 0 saturated carbocycles. The Labute approximate surface area is 93.9 Å². The molecule has 2 N–H and O–H groups in total. The van der Waals surface area contributed by atoms with Crippen LogP contribution in [-0.4, -0.2) is 18.3 Å². The first-order valence-corrected chi connectivity index (χ1v) is 4.85. The van der Waals surface area contributed by atoms with Crippen molar-refractivity contribution in [1.82, 2.24) is 0 Å². The zero-order valence-electron chi connectivity index (χ0n) is 8.11. The summed E-state index contributed by atoms with van der Waals surface area (Å²) in [7, 11) is 0. The number of aliphatic imine (C=N–C) groups is 1. The number of nitrogens with two attached hydrogens (primary N) is 1. The Bertz CT molecular complexity index is 396. The molecule has 78 valence electrons. The molecule has 0 unspecified atom stereocenters. The summed E-state index contributed by atoms with van der Waals surface area (Å²) in [4.78, 5) is 4.08.